The first-order valence-electron chi connectivity index (χ1n) is 4.92. The van der Waals surface area contributed by atoms with Gasteiger partial charge in [-0.2, -0.15) is 0 Å². The molecule has 1 rings (SSSR count). The van der Waals surface area contributed by atoms with Crippen LogP contribution in [0.3, 0.4) is 0 Å². The van der Waals surface area contributed by atoms with Gasteiger partial charge in [0.15, 0.2) is 0 Å². The van der Waals surface area contributed by atoms with E-state index in [4.69, 9.17) is 5.11 Å². The van der Waals surface area contributed by atoms with Crippen molar-refractivity contribution in [2.24, 2.45) is 5.41 Å². The molecular formula is C11H18O2. The van der Waals surface area contributed by atoms with E-state index in [1.807, 2.05) is 0 Å². The first kappa shape index (κ1) is 10.3. The highest BCUT2D eigenvalue weighted by atomic mass is 16.4. The highest BCUT2D eigenvalue weighted by Crippen LogP contribution is 2.35. The topological polar surface area (TPSA) is 37.3 Å². The quantitative estimate of drug-likeness (QED) is 0.500. The maximum Gasteiger partial charge on any atom is 0.328 e. The number of carboxylic acid groups (broad SMARTS) is 1. The molecule has 0 bridgehead atoms. The van der Waals surface area contributed by atoms with Crippen molar-refractivity contribution < 1.29 is 9.90 Å². The molecule has 1 aliphatic rings. The van der Waals surface area contributed by atoms with E-state index < -0.39 is 5.97 Å². The van der Waals surface area contributed by atoms with Crippen molar-refractivity contribution in [2.45, 2.75) is 46.0 Å². The Balaban J connectivity index is 2.59. The maximum absolute atomic E-state index is 10.5. The molecule has 1 aliphatic carbocycles. The van der Waals surface area contributed by atoms with Gasteiger partial charge in [0.25, 0.3) is 0 Å². The van der Waals surface area contributed by atoms with Crippen LogP contribution in [0.4, 0.5) is 0 Å². The summed E-state index contributed by atoms with van der Waals surface area (Å²) in [5.74, 6) is -0.797. The molecule has 0 radical (unpaired) electrons. The van der Waals surface area contributed by atoms with Gasteiger partial charge in [0.2, 0.25) is 0 Å². The fraction of sp³-hybridized carbons (Fsp3) is 0.727. The minimum absolute atomic E-state index is 0.397. The SMILES string of the molecule is CC1(C)CCC/C(=C/C(=O)O)CC1. The van der Waals surface area contributed by atoms with Crippen LogP contribution in [0.15, 0.2) is 11.6 Å². The second-order valence-corrected chi connectivity index (χ2v) is 4.66. The molecule has 2 nitrogen and oxygen atoms in total. The molecule has 0 aromatic rings. The number of allylic oxidation sites excluding steroid dienone is 1. The smallest absolute Gasteiger partial charge is 0.328 e. The lowest BCUT2D eigenvalue weighted by atomic mass is 9.85. The third-order valence-electron chi connectivity index (χ3n) is 2.80. The molecule has 13 heavy (non-hydrogen) atoms. The molecule has 1 N–H and O–H groups in total. The predicted molar refractivity (Wildman–Crippen MR) is 52.6 cm³/mol. The van der Waals surface area contributed by atoms with Gasteiger partial charge in [-0.15, -0.1) is 0 Å². The third-order valence-corrected chi connectivity index (χ3v) is 2.80. The van der Waals surface area contributed by atoms with Gasteiger partial charge >= 0.3 is 5.97 Å². The zero-order valence-corrected chi connectivity index (χ0v) is 8.47. The zero-order valence-electron chi connectivity index (χ0n) is 8.47. The summed E-state index contributed by atoms with van der Waals surface area (Å²) in [4.78, 5) is 10.5. The maximum atomic E-state index is 10.5. The van der Waals surface area contributed by atoms with E-state index in [9.17, 15) is 4.79 Å². The van der Waals surface area contributed by atoms with Gasteiger partial charge < -0.3 is 5.11 Å². The highest BCUT2D eigenvalue weighted by Gasteiger charge is 2.21. The largest absolute Gasteiger partial charge is 0.478 e. The predicted octanol–water partition coefficient (Wildman–Crippen LogP) is 2.99. The summed E-state index contributed by atoms with van der Waals surface area (Å²) in [7, 11) is 0. The van der Waals surface area contributed by atoms with E-state index >= 15 is 0 Å². The molecule has 0 spiro atoms. The molecule has 0 heterocycles. The Morgan fingerprint density at radius 3 is 2.69 bits per heavy atom. The van der Waals surface area contributed by atoms with Crippen molar-refractivity contribution in [3.05, 3.63) is 11.6 Å². The molecule has 0 aromatic heterocycles. The minimum atomic E-state index is -0.797. The average molecular weight is 182 g/mol. The van der Waals surface area contributed by atoms with Crippen LogP contribution in [0.1, 0.15) is 46.0 Å². The fourth-order valence-electron chi connectivity index (χ4n) is 1.86. The molecule has 1 saturated carbocycles. The number of carbonyl (C=O) groups is 1. The van der Waals surface area contributed by atoms with E-state index in [0.29, 0.717) is 5.41 Å². The Morgan fingerprint density at radius 1 is 1.38 bits per heavy atom. The number of aliphatic carboxylic acids is 1. The summed E-state index contributed by atoms with van der Waals surface area (Å²) >= 11 is 0. The summed E-state index contributed by atoms with van der Waals surface area (Å²) < 4.78 is 0. The van der Waals surface area contributed by atoms with Gasteiger partial charge in [0.1, 0.15) is 0 Å². The molecular weight excluding hydrogens is 164 g/mol. The molecule has 1 fully saturated rings. The van der Waals surface area contributed by atoms with E-state index in [2.05, 4.69) is 13.8 Å². The van der Waals surface area contributed by atoms with Gasteiger partial charge in [-0.05, 0) is 37.5 Å². The van der Waals surface area contributed by atoms with Gasteiger partial charge in [0, 0.05) is 6.08 Å². The van der Waals surface area contributed by atoms with Gasteiger partial charge in [-0.1, -0.05) is 19.4 Å². The first-order valence-corrected chi connectivity index (χ1v) is 4.92. The lowest BCUT2D eigenvalue weighted by Crippen LogP contribution is -2.08. The van der Waals surface area contributed by atoms with E-state index in [-0.39, 0.29) is 0 Å². The number of carboxylic acids is 1. The normalized spacial score (nSPS) is 25.5. The number of hydrogen-bond donors (Lipinski definition) is 1. The highest BCUT2D eigenvalue weighted by molar-refractivity contribution is 5.80. The van der Waals surface area contributed by atoms with Crippen LogP contribution in [-0.2, 0) is 4.79 Å². The summed E-state index contributed by atoms with van der Waals surface area (Å²) in [6, 6.07) is 0. The second kappa shape index (κ2) is 3.95. The average Bonchev–Trinajstić information content (AvgIpc) is 2.12. The zero-order chi connectivity index (χ0) is 9.90. The molecule has 0 atom stereocenters. The van der Waals surface area contributed by atoms with Crippen LogP contribution in [0.25, 0.3) is 0 Å². The summed E-state index contributed by atoms with van der Waals surface area (Å²) in [6.45, 7) is 4.52. The first-order chi connectivity index (χ1) is 5.99. The van der Waals surface area contributed by atoms with E-state index in [0.717, 1.165) is 31.3 Å². The van der Waals surface area contributed by atoms with Crippen molar-refractivity contribution >= 4 is 5.97 Å². The monoisotopic (exact) mass is 182 g/mol. The lowest BCUT2D eigenvalue weighted by Gasteiger charge is -2.21. The van der Waals surface area contributed by atoms with Crippen molar-refractivity contribution in [2.75, 3.05) is 0 Å². The van der Waals surface area contributed by atoms with Crippen molar-refractivity contribution in [3.63, 3.8) is 0 Å². The Labute approximate surface area is 79.6 Å². The van der Waals surface area contributed by atoms with Gasteiger partial charge in [-0.25, -0.2) is 4.79 Å². The molecule has 0 saturated heterocycles. The fourth-order valence-corrected chi connectivity index (χ4v) is 1.86. The van der Waals surface area contributed by atoms with Crippen LogP contribution < -0.4 is 0 Å². The van der Waals surface area contributed by atoms with Gasteiger partial charge in [0.05, 0.1) is 0 Å². The number of hydrogen-bond acceptors (Lipinski definition) is 1. The molecule has 74 valence electrons. The van der Waals surface area contributed by atoms with Crippen molar-refractivity contribution in [1.82, 2.24) is 0 Å². The van der Waals surface area contributed by atoms with E-state index in [1.54, 1.807) is 0 Å². The van der Waals surface area contributed by atoms with Crippen LogP contribution in [-0.4, -0.2) is 11.1 Å². The summed E-state index contributed by atoms with van der Waals surface area (Å²) in [5, 5.41) is 8.61. The summed E-state index contributed by atoms with van der Waals surface area (Å²) in [6.07, 6.45) is 6.78. The van der Waals surface area contributed by atoms with Crippen LogP contribution in [0.2, 0.25) is 0 Å². The lowest BCUT2D eigenvalue weighted by molar-refractivity contribution is -0.131. The third kappa shape index (κ3) is 3.62. The second-order valence-electron chi connectivity index (χ2n) is 4.66. The Bertz CT molecular complexity index is 226. The Kier molecular flexibility index (Phi) is 3.12. The molecule has 0 unspecified atom stereocenters. The van der Waals surface area contributed by atoms with Crippen molar-refractivity contribution in [1.29, 1.82) is 0 Å². The molecule has 2 heteroatoms. The Hall–Kier alpha value is -0.790. The van der Waals surface area contributed by atoms with Crippen LogP contribution in [0.5, 0.6) is 0 Å². The van der Waals surface area contributed by atoms with Crippen LogP contribution in [0, 0.1) is 5.41 Å². The van der Waals surface area contributed by atoms with E-state index in [1.165, 1.54) is 12.5 Å². The summed E-state index contributed by atoms with van der Waals surface area (Å²) in [5.41, 5.74) is 1.51. The van der Waals surface area contributed by atoms with Crippen LogP contribution >= 0.6 is 0 Å². The standard InChI is InChI=1S/C11H18O2/c1-11(2)6-3-4-9(5-7-11)8-10(12)13/h8H,3-7H2,1-2H3,(H,12,13)/b9-8-. The Morgan fingerprint density at radius 2 is 2.08 bits per heavy atom. The molecule has 0 aliphatic heterocycles. The molecule has 0 aromatic carbocycles. The van der Waals surface area contributed by atoms with Gasteiger partial charge in [-0.3, -0.25) is 0 Å². The number of rotatable bonds is 1. The minimum Gasteiger partial charge on any atom is -0.478 e. The van der Waals surface area contributed by atoms with Crippen molar-refractivity contribution in [3.8, 4) is 0 Å². The molecule has 0 amide bonds.